The predicted octanol–water partition coefficient (Wildman–Crippen LogP) is 4.20. The lowest BCUT2D eigenvalue weighted by Crippen LogP contribution is -2.56. The molecule has 0 unspecified atom stereocenters. The van der Waals surface area contributed by atoms with Gasteiger partial charge in [0.05, 0.1) is 18.4 Å². The molecule has 4 aliphatic carbocycles. The van der Waals surface area contributed by atoms with Gasteiger partial charge in [0.25, 0.3) is 0 Å². The zero-order chi connectivity index (χ0) is 18.3. The quantitative estimate of drug-likeness (QED) is 0.795. The molecule has 5 rings (SSSR count). The Morgan fingerprint density at radius 3 is 2.23 bits per heavy atom. The molecule has 0 aromatic heterocycles. The molecular formula is C21H28N2O3. The number of para-hydroxylation sites is 1. The molecule has 140 valence electrons. The summed E-state index contributed by atoms with van der Waals surface area (Å²) in [4.78, 5) is 24.5. The lowest BCUT2D eigenvalue weighted by atomic mass is 9.48. The number of anilines is 1. The topological polar surface area (TPSA) is 67.4 Å². The van der Waals surface area contributed by atoms with E-state index in [9.17, 15) is 9.59 Å². The lowest BCUT2D eigenvalue weighted by Gasteiger charge is -2.59. The fourth-order valence-electron chi connectivity index (χ4n) is 6.10. The Morgan fingerprint density at radius 1 is 1.08 bits per heavy atom. The maximum atomic E-state index is 12.6. The van der Waals surface area contributed by atoms with Crippen molar-refractivity contribution in [3.8, 4) is 0 Å². The average molecular weight is 356 g/mol. The Bertz CT molecular complexity index is 680. The van der Waals surface area contributed by atoms with E-state index in [2.05, 4.69) is 17.6 Å². The number of hydrogen-bond donors (Lipinski definition) is 2. The van der Waals surface area contributed by atoms with Crippen LogP contribution in [-0.4, -0.2) is 25.2 Å². The second kappa shape index (κ2) is 6.60. The highest BCUT2D eigenvalue weighted by atomic mass is 16.5. The fourth-order valence-corrected chi connectivity index (χ4v) is 6.10. The summed E-state index contributed by atoms with van der Waals surface area (Å²) >= 11 is 0. The van der Waals surface area contributed by atoms with Crippen LogP contribution in [0.25, 0.3) is 0 Å². The van der Waals surface area contributed by atoms with Crippen molar-refractivity contribution in [1.82, 2.24) is 5.32 Å². The van der Waals surface area contributed by atoms with Crippen molar-refractivity contribution in [2.75, 3.05) is 12.4 Å². The number of carbonyl (C=O) groups is 2. The minimum atomic E-state index is -0.449. The SMILES string of the molecule is COC(=O)c1ccccc1NC(=O)N[C@@H](C)C12CC3CC(CC(C3)C1)C2. The minimum absolute atomic E-state index is 0.140. The number of esters is 1. The molecular weight excluding hydrogens is 328 g/mol. The number of nitrogens with one attached hydrogen (secondary N) is 2. The van der Waals surface area contributed by atoms with Crippen molar-refractivity contribution >= 4 is 17.7 Å². The van der Waals surface area contributed by atoms with Gasteiger partial charge in [-0.05, 0) is 80.8 Å². The fraction of sp³-hybridized carbons (Fsp3) is 0.619. The number of urea groups is 1. The van der Waals surface area contributed by atoms with Crippen molar-refractivity contribution in [3.05, 3.63) is 29.8 Å². The number of hydrogen-bond acceptors (Lipinski definition) is 3. The molecule has 0 heterocycles. The normalized spacial score (nSPS) is 32.8. The first-order valence-corrected chi connectivity index (χ1v) is 9.74. The van der Waals surface area contributed by atoms with E-state index >= 15 is 0 Å². The van der Waals surface area contributed by atoms with Crippen LogP contribution in [0.4, 0.5) is 10.5 Å². The first-order chi connectivity index (χ1) is 12.5. The Kier molecular flexibility index (Phi) is 4.41. The van der Waals surface area contributed by atoms with Crippen LogP contribution in [-0.2, 0) is 4.74 Å². The Balaban J connectivity index is 1.44. The van der Waals surface area contributed by atoms with E-state index in [1.165, 1.54) is 45.6 Å². The second-order valence-electron chi connectivity index (χ2n) is 8.64. The van der Waals surface area contributed by atoms with E-state index in [1.54, 1.807) is 24.3 Å². The molecule has 4 fully saturated rings. The van der Waals surface area contributed by atoms with Gasteiger partial charge in [0.1, 0.15) is 0 Å². The highest BCUT2D eigenvalue weighted by Gasteiger charge is 2.53. The van der Waals surface area contributed by atoms with E-state index in [0.717, 1.165) is 17.8 Å². The molecule has 1 aromatic rings. The average Bonchev–Trinajstić information content (AvgIpc) is 2.60. The third kappa shape index (κ3) is 3.08. The van der Waals surface area contributed by atoms with Gasteiger partial charge in [0.2, 0.25) is 0 Å². The van der Waals surface area contributed by atoms with Gasteiger partial charge in [-0.1, -0.05) is 12.1 Å². The highest BCUT2D eigenvalue weighted by Crippen LogP contribution is 2.61. The first-order valence-electron chi connectivity index (χ1n) is 9.74. The molecule has 0 saturated heterocycles. The minimum Gasteiger partial charge on any atom is -0.465 e. The van der Waals surface area contributed by atoms with Crippen LogP contribution in [0.1, 0.15) is 55.8 Å². The number of carbonyl (C=O) groups excluding carboxylic acids is 2. The van der Waals surface area contributed by atoms with Crippen LogP contribution in [0.3, 0.4) is 0 Å². The molecule has 26 heavy (non-hydrogen) atoms. The van der Waals surface area contributed by atoms with Gasteiger partial charge in [0.15, 0.2) is 0 Å². The summed E-state index contributed by atoms with van der Waals surface area (Å²) in [7, 11) is 1.34. The summed E-state index contributed by atoms with van der Waals surface area (Å²) in [5.74, 6) is 2.12. The van der Waals surface area contributed by atoms with Crippen LogP contribution in [0.15, 0.2) is 24.3 Å². The van der Waals surface area contributed by atoms with Gasteiger partial charge in [0, 0.05) is 6.04 Å². The smallest absolute Gasteiger partial charge is 0.339 e. The number of amides is 2. The van der Waals surface area contributed by atoms with Gasteiger partial charge in [-0.3, -0.25) is 0 Å². The largest absolute Gasteiger partial charge is 0.465 e. The second-order valence-corrected chi connectivity index (χ2v) is 8.64. The maximum Gasteiger partial charge on any atom is 0.339 e. The molecule has 4 saturated carbocycles. The lowest BCUT2D eigenvalue weighted by molar-refractivity contribution is -0.0679. The Hall–Kier alpha value is -2.04. The summed E-state index contributed by atoms with van der Waals surface area (Å²) in [6, 6.07) is 6.83. The molecule has 1 aromatic carbocycles. The summed E-state index contributed by atoms with van der Waals surface area (Å²) in [6.07, 6.45) is 7.93. The third-order valence-electron chi connectivity index (χ3n) is 6.93. The van der Waals surface area contributed by atoms with Crippen molar-refractivity contribution in [3.63, 3.8) is 0 Å². The van der Waals surface area contributed by atoms with Gasteiger partial charge >= 0.3 is 12.0 Å². The number of benzene rings is 1. The van der Waals surface area contributed by atoms with E-state index in [4.69, 9.17) is 4.74 Å². The molecule has 4 aliphatic rings. The zero-order valence-corrected chi connectivity index (χ0v) is 15.6. The summed E-state index contributed by atoms with van der Waals surface area (Å²) in [5, 5.41) is 6.01. The van der Waals surface area contributed by atoms with Crippen molar-refractivity contribution in [1.29, 1.82) is 0 Å². The van der Waals surface area contributed by atoms with E-state index in [-0.39, 0.29) is 17.5 Å². The van der Waals surface area contributed by atoms with Crippen LogP contribution in [0.5, 0.6) is 0 Å². The molecule has 0 spiro atoms. The van der Waals surface area contributed by atoms with Gasteiger partial charge in [-0.25, -0.2) is 9.59 Å². The first kappa shape index (κ1) is 17.4. The van der Waals surface area contributed by atoms with Crippen LogP contribution < -0.4 is 10.6 Å². The van der Waals surface area contributed by atoms with Crippen LogP contribution in [0, 0.1) is 23.2 Å². The highest BCUT2D eigenvalue weighted by molar-refractivity contribution is 6.00. The van der Waals surface area contributed by atoms with Crippen molar-refractivity contribution in [2.24, 2.45) is 23.2 Å². The maximum absolute atomic E-state index is 12.6. The predicted molar refractivity (Wildman–Crippen MR) is 100 cm³/mol. The Morgan fingerprint density at radius 2 is 1.65 bits per heavy atom. The van der Waals surface area contributed by atoms with Crippen molar-refractivity contribution < 1.29 is 14.3 Å². The number of methoxy groups -OCH3 is 1. The van der Waals surface area contributed by atoms with Crippen molar-refractivity contribution in [2.45, 2.75) is 51.5 Å². The van der Waals surface area contributed by atoms with Gasteiger partial charge < -0.3 is 15.4 Å². The molecule has 5 heteroatoms. The van der Waals surface area contributed by atoms with E-state index in [1.807, 2.05) is 0 Å². The number of ether oxygens (including phenoxy) is 1. The van der Waals surface area contributed by atoms with Crippen LogP contribution >= 0.6 is 0 Å². The monoisotopic (exact) mass is 356 g/mol. The molecule has 1 atom stereocenters. The summed E-state index contributed by atoms with van der Waals surface area (Å²) < 4.78 is 4.79. The Labute approximate surface area is 154 Å². The van der Waals surface area contributed by atoms with E-state index < -0.39 is 5.97 Å². The molecule has 0 aliphatic heterocycles. The zero-order valence-electron chi connectivity index (χ0n) is 15.6. The van der Waals surface area contributed by atoms with Crippen LogP contribution in [0.2, 0.25) is 0 Å². The third-order valence-corrected chi connectivity index (χ3v) is 6.93. The summed E-state index contributed by atoms with van der Waals surface area (Å²) in [6.45, 7) is 2.15. The molecule has 0 radical (unpaired) electrons. The standard InChI is InChI=1S/C21H28N2O3/c1-13(21-10-14-7-15(11-21)9-16(8-14)12-21)22-20(25)23-18-6-4-3-5-17(18)19(24)26-2/h3-6,13-16H,7-12H2,1-2H3,(H2,22,23,25)/t13-,14?,15?,16?,21?/m0/s1. The summed E-state index contributed by atoms with van der Waals surface area (Å²) in [5.41, 5.74) is 1.11. The molecule has 5 nitrogen and oxygen atoms in total. The number of rotatable bonds is 4. The van der Waals surface area contributed by atoms with Gasteiger partial charge in [-0.2, -0.15) is 0 Å². The van der Waals surface area contributed by atoms with E-state index in [0.29, 0.717) is 11.3 Å². The molecule has 4 bridgehead atoms. The molecule has 2 amide bonds. The van der Waals surface area contributed by atoms with Gasteiger partial charge in [-0.15, -0.1) is 0 Å². The molecule has 2 N–H and O–H groups in total.